The third-order valence-electron chi connectivity index (χ3n) is 8.25. The summed E-state index contributed by atoms with van der Waals surface area (Å²) in [7, 11) is 0. The monoisotopic (exact) mass is 524 g/mol. The lowest BCUT2D eigenvalue weighted by molar-refractivity contribution is 0.198. The van der Waals surface area contributed by atoms with Crippen molar-refractivity contribution >= 4 is 23.0 Å². The normalized spacial score (nSPS) is 19.4. The number of halogens is 1. The second-order valence-electron chi connectivity index (χ2n) is 11.0. The molecule has 0 radical (unpaired) electrons. The number of ether oxygens (including phenoxy) is 1. The molecular formula is C34H37FN2O2. The van der Waals surface area contributed by atoms with E-state index in [-0.39, 0.29) is 12.8 Å². The maximum Gasteiger partial charge on any atom is 0.119 e. The molecule has 0 saturated carbocycles. The Bertz CT molecular complexity index is 1380. The molecule has 6 rings (SSSR count). The highest BCUT2D eigenvalue weighted by molar-refractivity contribution is 6.00. The second-order valence-corrected chi connectivity index (χ2v) is 11.0. The van der Waals surface area contributed by atoms with Gasteiger partial charge >= 0.3 is 0 Å². The summed E-state index contributed by atoms with van der Waals surface area (Å²) in [6.45, 7) is 2.37. The Labute approximate surface area is 230 Å². The van der Waals surface area contributed by atoms with Gasteiger partial charge in [0, 0.05) is 25.8 Å². The lowest BCUT2D eigenvalue weighted by Crippen LogP contribution is -2.26. The first-order valence-electron chi connectivity index (χ1n) is 14.4. The van der Waals surface area contributed by atoms with Gasteiger partial charge in [-0.1, -0.05) is 24.3 Å². The van der Waals surface area contributed by atoms with Crippen LogP contribution >= 0.6 is 0 Å². The summed E-state index contributed by atoms with van der Waals surface area (Å²) >= 11 is 0. The minimum atomic E-state index is -0.260. The summed E-state index contributed by atoms with van der Waals surface area (Å²) in [6.07, 6.45) is 9.91. The molecule has 1 N–H and O–H groups in total. The molecule has 202 valence electrons. The van der Waals surface area contributed by atoms with E-state index in [1.54, 1.807) is 6.07 Å². The number of phenols is 1. The van der Waals surface area contributed by atoms with E-state index < -0.39 is 0 Å². The van der Waals surface area contributed by atoms with Crippen LogP contribution in [0, 0.1) is 0 Å². The van der Waals surface area contributed by atoms with Crippen LogP contribution in [0.3, 0.4) is 0 Å². The van der Waals surface area contributed by atoms with E-state index in [1.807, 2.05) is 12.3 Å². The SMILES string of the molecule is Oc1ccc2c(c1)CCCC(c1ccc3c(c1)CCCC=N3)=C2c1ccc(O[C@H]2CCN(CCCF)C2)cc1. The molecule has 39 heavy (non-hydrogen) atoms. The molecule has 3 aliphatic rings. The molecule has 3 aromatic carbocycles. The molecule has 3 aromatic rings. The lowest BCUT2D eigenvalue weighted by atomic mass is 9.87. The van der Waals surface area contributed by atoms with Crippen molar-refractivity contribution in [2.75, 3.05) is 26.3 Å². The van der Waals surface area contributed by atoms with Crippen molar-refractivity contribution in [1.82, 2.24) is 4.90 Å². The zero-order valence-electron chi connectivity index (χ0n) is 22.5. The van der Waals surface area contributed by atoms with Crippen LogP contribution in [0.15, 0.2) is 65.7 Å². The summed E-state index contributed by atoms with van der Waals surface area (Å²) in [4.78, 5) is 6.97. The summed E-state index contributed by atoms with van der Waals surface area (Å²) in [5.41, 5.74) is 9.82. The third-order valence-corrected chi connectivity index (χ3v) is 8.25. The summed E-state index contributed by atoms with van der Waals surface area (Å²) in [6, 6.07) is 21.1. The molecule has 1 aliphatic carbocycles. The molecule has 1 fully saturated rings. The zero-order valence-corrected chi connectivity index (χ0v) is 22.5. The Kier molecular flexibility index (Phi) is 7.78. The molecule has 1 atom stereocenters. The molecule has 4 nitrogen and oxygen atoms in total. The minimum absolute atomic E-state index is 0.147. The molecule has 0 aromatic heterocycles. The molecule has 0 spiro atoms. The van der Waals surface area contributed by atoms with Crippen LogP contribution in [-0.4, -0.2) is 48.6 Å². The molecule has 2 heterocycles. The summed E-state index contributed by atoms with van der Waals surface area (Å²) in [5, 5.41) is 10.2. The van der Waals surface area contributed by atoms with Gasteiger partial charge in [-0.05, 0) is 127 Å². The number of phenolic OH excluding ortho intramolecular Hbond substituents is 1. The van der Waals surface area contributed by atoms with E-state index >= 15 is 0 Å². The number of allylic oxidation sites excluding steroid dienone is 1. The lowest BCUT2D eigenvalue weighted by Gasteiger charge is -2.19. The van der Waals surface area contributed by atoms with E-state index in [0.717, 1.165) is 81.6 Å². The first kappa shape index (κ1) is 25.8. The Balaban J connectivity index is 1.35. The van der Waals surface area contributed by atoms with Gasteiger partial charge in [0.05, 0.1) is 12.4 Å². The standard InChI is InChI=1S/C34H37FN2O2/c35-17-4-19-37-20-16-30(23-37)39-29-12-8-24(9-13-29)34-31(7-3-6-25-22-28(38)11-14-32(25)34)26-10-15-33-27(21-26)5-1-2-18-36-33/h8-15,18,21-22,30,38H,1-7,16-17,19-20,23H2/t30-/m0/s1. The smallest absolute Gasteiger partial charge is 0.119 e. The van der Waals surface area contributed by atoms with Crippen LogP contribution in [0.1, 0.15) is 66.3 Å². The highest BCUT2D eigenvalue weighted by Gasteiger charge is 2.24. The fourth-order valence-corrected chi connectivity index (χ4v) is 6.31. The number of hydrogen-bond acceptors (Lipinski definition) is 4. The van der Waals surface area contributed by atoms with Crippen LogP contribution < -0.4 is 4.74 Å². The average Bonchev–Trinajstić information content (AvgIpc) is 3.15. The molecule has 1 saturated heterocycles. The largest absolute Gasteiger partial charge is 0.508 e. The number of alkyl halides is 1. The van der Waals surface area contributed by atoms with Crippen LogP contribution in [0.25, 0.3) is 11.1 Å². The highest BCUT2D eigenvalue weighted by atomic mass is 19.1. The number of aromatic hydroxyl groups is 1. The van der Waals surface area contributed by atoms with Gasteiger partial charge in [-0.25, -0.2) is 0 Å². The third kappa shape index (κ3) is 5.79. The van der Waals surface area contributed by atoms with E-state index in [0.29, 0.717) is 12.2 Å². The molecule has 0 bridgehead atoms. The molecular weight excluding hydrogens is 487 g/mol. The Morgan fingerprint density at radius 1 is 0.923 bits per heavy atom. The van der Waals surface area contributed by atoms with Crippen molar-refractivity contribution in [2.45, 2.75) is 57.5 Å². The number of fused-ring (bicyclic) bond motifs is 2. The van der Waals surface area contributed by atoms with E-state index in [2.05, 4.69) is 58.4 Å². The van der Waals surface area contributed by atoms with Crippen molar-refractivity contribution in [3.05, 3.63) is 88.5 Å². The molecule has 2 aliphatic heterocycles. The molecule has 0 amide bonds. The topological polar surface area (TPSA) is 45.1 Å². The fourth-order valence-electron chi connectivity index (χ4n) is 6.31. The van der Waals surface area contributed by atoms with Crippen LogP contribution in [-0.2, 0) is 12.8 Å². The number of rotatable bonds is 7. The Hall–Kier alpha value is -3.44. The number of benzene rings is 3. The Morgan fingerprint density at radius 3 is 2.64 bits per heavy atom. The van der Waals surface area contributed by atoms with Crippen molar-refractivity contribution in [2.24, 2.45) is 4.99 Å². The fraction of sp³-hybridized carbons (Fsp3) is 0.382. The van der Waals surface area contributed by atoms with E-state index in [9.17, 15) is 9.50 Å². The first-order valence-corrected chi connectivity index (χ1v) is 14.4. The van der Waals surface area contributed by atoms with E-state index in [1.165, 1.54) is 33.4 Å². The highest BCUT2D eigenvalue weighted by Crippen LogP contribution is 2.42. The van der Waals surface area contributed by atoms with Crippen molar-refractivity contribution < 1.29 is 14.2 Å². The summed E-state index contributed by atoms with van der Waals surface area (Å²) < 4.78 is 18.9. The first-order chi connectivity index (χ1) is 19.2. The van der Waals surface area contributed by atoms with Gasteiger partial charge < -0.3 is 9.84 Å². The minimum Gasteiger partial charge on any atom is -0.508 e. The van der Waals surface area contributed by atoms with Gasteiger partial charge in [0.15, 0.2) is 0 Å². The second kappa shape index (κ2) is 11.7. The predicted octanol–water partition coefficient (Wildman–Crippen LogP) is 7.54. The number of aliphatic imine (C=N–C) groups is 1. The number of likely N-dealkylation sites (tertiary alicyclic amines) is 1. The van der Waals surface area contributed by atoms with Crippen LogP contribution in [0.4, 0.5) is 10.1 Å². The summed E-state index contributed by atoms with van der Waals surface area (Å²) in [5.74, 6) is 1.20. The van der Waals surface area contributed by atoms with Gasteiger partial charge in [0.25, 0.3) is 0 Å². The Morgan fingerprint density at radius 2 is 1.77 bits per heavy atom. The quantitative estimate of drug-likeness (QED) is 0.347. The van der Waals surface area contributed by atoms with Gasteiger partial charge in [-0.2, -0.15) is 0 Å². The van der Waals surface area contributed by atoms with Gasteiger partial charge in [-0.3, -0.25) is 14.3 Å². The van der Waals surface area contributed by atoms with Crippen molar-refractivity contribution in [3.8, 4) is 11.5 Å². The maximum atomic E-state index is 12.6. The van der Waals surface area contributed by atoms with E-state index in [4.69, 9.17) is 4.74 Å². The zero-order chi connectivity index (χ0) is 26.6. The van der Waals surface area contributed by atoms with Gasteiger partial charge in [0.1, 0.15) is 17.6 Å². The predicted molar refractivity (Wildman–Crippen MR) is 157 cm³/mol. The van der Waals surface area contributed by atoms with Gasteiger partial charge in [0.2, 0.25) is 0 Å². The molecule has 5 heteroatoms. The number of aryl methyl sites for hydroxylation is 2. The maximum absolute atomic E-state index is 12.6. The number of hydrogen-bond donors (Lipinski definition) is 1. The average molecular weight is 525 g/mol. The van der Waals surface area contributed by atoms with Crippen LogP contribution in [0.2, 0.25) is 0 Å². The van der Waals surface area contributed by atoms with Crippen molar-refractivity contribution in [3.63, 3.8) is 0 Å². The van der Waals surface area contributed by atoms with Crippen molar-refractivity contribution in [1.29, 1.82) is 0 Å². The molecule has 0 unspecified atom stereocenters. The number of nitrogens with zero attached hydrogens (tertiary/aromatic N) is 2. The van der Waals surface area contributed by atoms with Crippen LogP contribution in [0.5, 0.6) is 11.5 Å². The van der Waals surface area contributed by atoms with Gasteiger partial charge in [-0.15, -0.1) is 0 Å².